The van der Waals surface area contributed by atoms with E-state index in [-0.39, 0.29) is 18.4 Å². The second-order valence-corrected chi connectivity index (χ2v) is 7.25. The summed E-state index contributed by atoms with van der Waals surface area (Å²) in [7, 11) is 0. The van der Waals surface area contributed by atoms with E-state index in [1.807, 2.05) is 6.92 Å². The molecule has 0 radical (unpaired) electrons. The van der Waals surface area contributed by atoms with E-state index in [1.165, 1.54) is 0 Å². The van der Waals surface area contributed by atoms with Crippen molar-refractivity contribution in [3.05, 3.63) is 12.2 Å². The van der Waals surface area contributed by atoms with E-state index >= 15 is 0 Å². The molecule has 0 aromatic heterocycles. The second-order valence-electron chi connectivity index (χ2n) is 7.25. The van der Waals surface area contributed by atoms with E-state index in [4.69, 9.17) is 14.2 Å². The normalized spacial score (nSPS) is 62.0. The van der Waals surface area contributed by atoms with Crippen LogP contribution < -0.4 is 0 Å². The van der Waals surface area contributed by atoms with Crippen molar-refractivity contribution in [2.75, 3.05) is 0 Å². The van der Waals surface area contributed by atoms with Crippen molar-refractivity contribution in [2.24, 2.45) is 17.3 Å². The number of fused-ring (bicyclic) bond motifs is 4. The third-order valence-corrected chi connectivity index (χ3v) is 6.60. The summed E-state index contributed by atoms with van der Waals surface area (Å²) in [4.78, 5) is 24.7. The Kier molecular flexibility index (Phi) is 1.68. The number of esters is 2. The Morgan fingerprint density at radius 2 is 2.10 bits per heavy atom. The van der Waals surface area contributed by atoms with Crippen LogP contribution in [0.1, 0.15) is 20.3 Å². The highest BCUT2D eigenvalue weighted by Crippen LogP contribution is 2.76. The lowest BCUT2D eigenvalue weighted by Gasteiger charge is -2.51. The van der Waals surface area contributed by atoms with Gasteiger partial charge in [-0.15, -0.1) is 0 Å². The van der Waals surface area contributed by atoms with Gasteiger partial charge in [-0.2, -0.15) is 0 Å². The smallest absolute Gasteiger partial charge is 0.342 e. The minimum atomic E-state index is -1.35. The fourth-order valence-electron chi connectivity index (χ4n) is 5.59. The molecule has 0 unspecified atom stereocenters. The summed E-state index contributed by atoms with van der Waals surface area (Å²) < 4.78 is 16.6. The van der Waals surface area contributed by atoms with Gasteiger partial charge < -0.3 is 19.3 Å². The first-order valence-electron chi connectivity index (χ1n) is 7.26. The first-order valence-corrected chi connectivity index (χ1v) is 7.26. The third kappa shape index (κ3) is 0.874. The quantitative estimate of drug-likeness (QED) is 0.414. The van der Waals surface area contributed by atoms with Gasteiger partial charge in [0.25, 0.3) is 0 Å². The van der Waals surface area contributed by atoms with Gasteiger partial charge in [-0.25, -0.2) is 4.79 Å². The summed E-state index contributed by atoms with van der Waals surface area (Å²) in [6.45, 7) is 7.55. The molecule has 2 saturated carbocycles. The number of hydrogen-bond donors (Lipinski definition) is 1. The van der Waals surface area contributed by atoms with Crippen molar-refractivity contribution >= 4 is 11.9 Å². The fraction of sp³-hybridized carbons (Fsp3) is 0.733. The zero-order chi connectivity index (χ0) is 14.9. The van der Waals surface area contributed by atoms with Gasteiger partial charge in [0.2, 0.25) is 5.60 Å². The molecule has 6 nitrogen and oxygen atoms in total. The van der Waals surface area contributed by atoms with E-state index in [1.54, 1.807) is 6.92 Å². The highest BCUT2D eigenvalue weighted by atomic mass is 16.7. The third-order valence-electron chi connectivity index (χ3n) is 6.60. The van der Waals surface area contributed by atoms with Crippen molar-refractivity contribution in [1.29, 1.82) is 0 Å². The van der Waals surface area contributed by atoms with Gasteiger partial charge in [-0.05, 0) is 13.8 Å². The minimum Gasteiger partial charge on any atom is -0.457 e. The van der Waals surface area contributed by atoms with Crippen LogP contribution >= 0.6 is 0 Å². The van der Waals surface area contributed by atoms with Crippen LogP contribution in [0.4, 0.5) is 0 Å². The van der Waals surface area contributed by atoms with Gasteiger partial charge in [0.15, 0.2) is 6.10 Å². The van der Waals surface area contributed by atoms with Crippen LogP contribution in [0.5, 0.6) is 0 Å². The molecule has 1 spiro atoms. The van der Waals surface area contributed by atoms with Gasteiger partial charge in [-0.1, -0.05) is 12.2 Å². The molecule has 5 aliphatic rings. The monoisotopic (exact) mass is 292 g/mol. The molecule has 6 heteroatoms. The van der Waals surface area contributed by atoms with Crippen LogP contribution in [0.15, 0.2) is 12.2 Å². The number of carbonyl (C=O) groups is 2. The molecule has 8 atom stereocenters. The first kappa shape index (κ1) is 12.2. The average molecular weight is 292 g/mol. The number of rotatable bonds is 1. The maximum atomic E-state index is 12.3. The maximum absolute atomic E-state index is 12.3. The van der Waals surface area contributed by atoms with E-state index in [9.17, 15) is 14.7 Å². The largest absolute Gasteiger partial charge is 0.457 e. The highest BCUT2D eigenvalue weighted by molar-refractivity contribution is 5.91. The molecule has 5 rings (SSSR count). The van der Waals surface area contributed by atoms with E-state index in [2.05, 4.69) is 6.58 Å². The molecule has 21 heavy (non-hydrogen) atoms. The number of aliphatic hydroxyl groups is 1. The Morgan fingerprint density at radius 1 is 1.38 bits per heavy atom. The fourth-order valence-corrected chi connectivity index (χ4v) is 5.59. The SMILES string of the molecule is C=C(C)[C@@H]1[C@@H]2OC(=O)[C@@H]1[C@]1(O)C[C@H]3O[C@]34C(=O)O[C@H]2[C@]14C. The Morgan fingerprint density at radius 3 is 2.76 bits per heavy atom. The van der Waals surface area contributed by atoms with E-state index in [0.29, 0.717) is 0 Å². The predicted octanol–water partition coefficient (Wildman–Crippen LogP) is -0.0620. The summed E-state index contributed by atoms with van der Waals surface area (Å²) in [5.41, 5.74) is -2.60. The zero-order valence-electron chi connectivity index (χ0n) is 11.8. The van der Waals surface area contributed by atoms with E-state index in [0.717, 1.165) is 5.57 Å². The molecule has 5 fully saturated rings. The lowest BCUT2D eigenvalue weighted by atomic mass is 9.53. The molecule has 3 saturated heterocycles. The highest BCUT2D eigenvalue weighted by Gasteiger charge is 2.95. The van der Waals surface area contributed by atoms with Gasteiger partial charge in [0.1, 0.15) is 12.2 Å². The first-order chi connectivity index (χ1) is 9.79. The summed E-state index contributed by atoms with van der Waals surface area (Å²) in [5, 5.41) is 11.4. The number of hydrogen-bond acceptors (Lipinski definition) is 6. The molecule has 0 aromatic rings. The van der Waals surface area contributed by atoms with Crippen LogP contribution in [0.25, 0.3) is 0 Å². The molecular formula is C15H16O6. The second kappa shape index (κ2) is 2.90. The zero-order valence-corrected chi connectivity index (χ0v) is 11.8. The van der Waals surface area contributed by atoms with Gasteiger partial charge >= 0.3 is 11.9 Å². The molecule has 112 valence electrons. The predicted molar refractivity (Wildman–Crippen MR) is 66.8 cm³/mol. The standard InChI is InChI=1S/C15H16O6/c1-5(2)7-8-11(16)19-9(7)10-13(3)14(8,18)4-6-15(13,21-6)12(17)20-10/h6-10,18H,1,4H2,2-3H3/t6-,7+,8-,9+,10-,13-,14-,15+/m1/s1. The van der Waals surface area contributed by atoms with Gasteiger partial charge in [0.05, 0.1) is 16.9 Å². The molecule has 1 N–H and O–H groups in total. The molecule has 3 heterocycles. The van der Waals surface area contributed by atoms with Crippen LogP contribution in [0.2, 0.25) is 0 Å². The maximum Gasteiger partial charge on any atom is 0.342 e. The molecule has 2 aliphatic carbocycles. The van der Waals surface area contributed by atoms with E-state index < -0.39 is 46.7 Å². The topological polar surface area (TPSA) is 85.4 Å². The lowest BCUT2D eigenvalue weighted by molar-refractivity contribution is -0.195. The molecule has 2 bridgehead atoms. The summed E-state index contributed by atoms with van der Waals surface area (Å²) >= 11 is 0. The van der Waals surface area contributed by atoms with Crippen LogP contribution in [0.3, 0.4) is 0 Å². The van der Waals surface area contributed by atoms with Crippen LogP contribution in [0, 0.1) is 17.3 Å². The number of epoxide rings is 1. The van der Waals surface area contributed by atoms with Crippen molar-refractivity contribution in [2.45, 2.75) is 49.8 Å². The number of ether oxygens (including phenoxy) is 3. The van der Waals surface area contributed by atoms with Crippen molar-refractivity contribution in [1.82, 2.24) is 0 Å². The summed E-state index contributed by atoms with van der Waals surface area (Å²) in [6, 6.07) is 0. The van der Waals surface area contributed by atoms with Crippen LogP contribution in [-0.2, 0) is 23.8 Å². The molecule has 3 aliphatic heterocycles. The van der Waals surface area contributed by atoms with Crippen molar-refractivity contribution in [3.63, 3.8) is 0 Å². The summed E-state index contributed by atoms with van der Waals surface area (Å²) in [6.07, 6.45) is -1.34. The molecule has 0 amide bonds. The Labute approximate surface area is 121 Å². The van der Waals surface area contributed by atoms with Crippen LogP contribution in [-0.4, -0.2) is 46.6 Å². The molecule has 0 aromatic carbocycles. The Bertz CT molecular complexity index is 642. The van der Waals surface area contributed by atoms with Crippen molar-refractivity contribution < 1.29 is 28.9 Å². The number of carbonyl (C=O) groups excluding carboxylic acids is 2. The molecular weight excluding hydrogens is 276 g/mol. The average Bonchev–Trinajstić information content (AvgIpc) is 2.86. The minimum absolute atomic E-state index is 0.269. The Balaban J connectivity index is 1.78. The Hall–Kier alpha value is -1.40. The van der Waals surface area contributed by atoms with Gasteiger partial charge in [-0.3, -0.25) is 4.79 Å². The lowest BCUT2D eigenvalue weighted by Crippen LogP contribution is -2.66. The van der Waals surface area contributed by atoms with Gasteiger partial charge in [0, 0.05) is 12.3 Å². The van der Waals surface area contributed by atoms with Crippen molar-refractivity contribution in [3.8, 4) is 0 Å². The summed E-state index contributed by atoms with van der Waals surface area (Å²) in [5.74, 6) is -1.86.